The number of carbonyl (C=O) groups excluding carboxylic acids is 1. The van der Waals surface area contributed by atoms with Gasteiger partial charge in [-0.3, -0.25) is 10.1 Å². The van der Waals surface area contributed by atoms with E-state index in [9.17, 15) is 13.2 Å². The average Bonchev–Trinajstić information content (AvgIpc) is 3.31. The van der Waals surface area contributed by atoms with Crippen molar-refractivity contribution in [2.75, 3.05) is 31.6 Å². The zero-order valence-corrected chi connectivity index (χ0v) is 20.9. The average molecular weight is 517 g/mol. The SMILES string of the molecule is O=C(Nc1nc2cccnc2s1)C(OC1CCOCC1)c1ccc(S(=O)(=O)N2CCCCC2)cc1. The maximum atomic E-state index is 13.3. The Morgan fingerprint density at radius 2 is 1.86 bits per heavy atom. The fourth-order valence-corrected chi connectivity index (χ4v) is 6.69. The second-order valence-corrected chi connectivity index (χ2v) is 11.6. The molecule has 0 bridgehead atoms. The Morgan fingerprint density at radius 1 is 1.11 bits per heavy atom. The van der Waals surface area contributed by atoms with Gasteiger partial charge in [0.25, 0.3) is 5.91 Å². The molecule has 1 N–H and O–H groups in total. The van der Waals surface area contributed by atoms with Gasteiger partial charge in [0, 0.05) is 32.5 Å². The minimum absolute atomic E-state index is 0.131. The van der Waals surface area contributed by atoms with Crippen LogP contribution in [0.25, 0.3) is 10.3 Å². The Kier molecular flexibility index (Phi) is 7.40. The Hall–Kier alpha value is -2.44. The molecule has 5 rings (SSSR count). The van der Waals surface area contributed by atoms with Crippen molar-refractivity contribution in [2.24, 2.45) is 0 Å². The van der Waals surface area contributed by atoms with Gasteiger partial charge in [0.05, 0.1) is 11.0 Å². The number of anilines is 1. The molecule has 186 valence electrons. The Morgan fingerprint density at radius 3 is 2.57 bits per heavy atom. The minimum atomic E-state index is -3.56. The van der Waals surface area contributed by atoms with Crippen LogP contribution in [0.1, 0.15) is 43.8 Å². The molecule has 2 aliphatic rings. The monoisotopic (exact) mass is 516 g/mol. The van der Waals surface area contributed by atoms with Crippen molar-refractivity contribution in [3.8, 4) is 0 Å². The fraction of sp³-hybridized carbons (Fsp3) is 0.458. The van der Waals surface area contributed by atoms with Crippen LogP contribution in [-0.4, -0.2) is 61.0 Å². The fourth-order valence-electron chi connectivity index (χ4n) is 4.36. The number of hydrogen-bond acceptors (Lipinski definition) is 8. The number of aromatic nitrogens is 2. The molecule has 0 radical (unpaired) electrons. The van der Waals surface area contributed by atoms with Gasteiger partial charge < -0.3 is 9.47 Å². The van der Waals surface area contributed by atoms with Crippen LogP contribution in [0, 0.1) is 0 Å². The van der Waals surface area contributed by atoms with E-state index in [2.05, 4.69) is 15.3 Å². The number of fused-ring (bicyclic) bond motifs is 1. The molecule has 9 nitrogen and oxygen atoms in total. The summed E-state index contributed by atoms with van der Waals surface area (Å²) in [6.07, 6.45) is 4.82. The number of benzene rings is 1. The highest BCUT2D eigenvalue weighted by Crippen LogP contribution is 2.29. The molecule has 1 unspecified atom stereocenters. The van der Waals surface area contributed by atoms with Crippen molar-refractivity contribution in [1.29, 1.82) is 0 Å². The van der Waals surface area contributed by atoms with Crippen LogP contribution in [-0.2, 0) is 24.3 Å². The zero-order chi connectivity index (χ0) is 24.3. The number of piperidine rings is 1. The molecule has 1 atom stereocenters. The van der Waals surface area contributed by atoms with E-state index in [1.807, 2.05) is 6.07 Å². The summed E-state index contributed by atoms with van der Waals surface area (Å²) < 4.78 is 39.3. The molecular weight excluding hydrogens is 488 g/mol. The Bertz CT molecular complexity index is 1230. The second-order valence-electron chi connectivity index (χ2n) is 8.70. The van der Waals surface area contributed by atoms with E-state index in [0.717, 1.165) is 24.1 Å². The number of nitrogens with zero attached hydrogens (tertiary/aromatic N) is 3. The smallest absolute Gasteiger partial charge is 0.259 e. The highest BCUT2D eigenvalue weighted by atomic mass is 32.2. The molecule has 1 amide bonds. The molecule has 3 aromatic rings. The quantitative estimate of drug-likeness (QED) is 0.509. The maximum Gasteiger partial charge on any atom is 0.259 e. The largest absolute Gasteiger partial charge is 0.381 e. The number of rotatable bonds is 7. The summed E-state index contributed by atoms with van der Waals surface area (Å²) in [5.41, 5.74) is 1.30. The van der Waals surface area contributed by atoms with Gasteiger partial charge in [-0.1, -0.05) is 29.9 Å². The summed E-state index contributed by atoms with van der Waals surface area (Å²) in [6.45, 7) is 2.24. The molecule has 2 fully saturated rings. The summed E-state index contributed by atoms with van der Waals surface area (Å²) in [4.78, 5) is 23.0. The van der Waals surface area contributed by atoms with Crippen LogP contribution in [0.3, 0.4) is 0 Å². The summed E-state index contributed by atoms with van der Waals surface area (Å²) in [5.74, 6) is -0.359. The second kappa shape index (κ2) is 10.7. The molecule has 2 aromatic heterocycles. The molecule has 11 heteroatoms. The number of thiazole rings is 1. The standard InChI is InChI=1S/C24H28N4O5S2/c29-22(27-24-26-20-5-4-12-25-23(20)34-24)21(33-18-10-15-32-16-11-18)17-6-8-19(9-7-17)35(30,31)28-13-2-1-3-14-28/h4-9,12,18,21H,1-3,10-11,13-16H2,(H,26,27,29). The molecule has 35 heavy (non-hydrogen) atoms. The molecule has 0 aliphatic carbocycles. The first kappa shape index (κ1) is 24.3. The lowest BCUT2D eigenvalue weighted by Gasteiger charge is -2.28. The van der Waals surface area contributed by atoms with Gasteiger partial charge in [-0.2, -0.15) is 4.31 Å². The van der Waals surface area contributed by atoms with Gasteiger partial charge in [-0.15, -0.1) is 0 Å². The van der Waals surface area contributed by atoms with Gasteiger partial charge in [-0.05, 0) is 55.5 Å². The third-order valence-corrected chi connectivity index (χ3v) is 9.07. The molecular formula is C24H28N4O5S2. The Labute approximate surface area is 208 Å². The predicted molar refractivity (Wildman–Crippen MR) is 133 cm³/mol. The van der Waals surface area contributed by atoms with Crippen molar-refractivity contribution in [1.82, 2.24) is 14.3 Å². The van der Waals surface area contributed by atoms with Crippen LogP contribution < -0.4 is 5.32 Å². The topological polar surface area (TPSA) is 111 Å². The number of amides is 1. The van der Waals surface area contributed by atoms with Crippen molar-refractivity contribution in [3.05, 3.63) is 48.2 Å². The first-order chi connectivity index (χ1) is 17.0. The Balaban J connectivity index is 1.38. The van der Waals surface area contributed by atoms with Crippen molar-refractivity contribution in [2.45, 2.75) is 49.2 Å². The van der Waals surface area contributed by atoms with Crippen LogP contribution in [0.15, 0.2) is 47.5 Å². The molecule has 2 aliphatic heterocycles. The zero-order valence-electron chi connectivity index (χ0n) is 19.3. The third-order valence-electron chi connectivity index (χ3n) is 6.27. The third kappa shape index (κ3) is 5.54. The van der Waals surface area contributed by atoms with Crippen molar-refractivity contribution in [3.63, 3.8) is 0 Å². The van der Waals surface area contributed by atoms with Crippen molar-refractivity contribution < 1.29 is 22.7 Å². The minimum Gasteiger partial charge on any atom is -0.381 e. The molecule has 0 spiro atoms. The van der Waals surface area contributed by atoms with Gasteiger partial charge in [0.15, 0.2) is 11.2 Å². The van der Waals surface area contributed by atoms with E-state index >= 15 is 0 Å². The first-order valence-electron chi connectivity index (χ1n) is 11.9. The normalized spacial score (nSPS) is 19.0. The van der Waals surface area contributed by atoms with E-state index in [-0.39, 0.29) is 16.9 Å². The summed E-state index contributed by atoms with van der Waals surface area (Å²) in [5, 5.41) is 3.30. The lowest BCUT2D eigenvalue weighted by molar-refractivity contribution is -0.136. The lowest BCUT2D eigenvalue weighted by atomic mass is 10.1. The summed E-state index contributed by atoms with van der Waals surface area (Å²) in [6, 6.07) is 10.1. The number of nitrogens with one attached hydrogen (secondary N) is 1. The van der Waals surface area contributed by atoms with Gasteiger partial charge >= 0.3 is 0 Å². The van der Waals surface area contributed by atoms with Crippen LogP contribution in [0.2, 0.25) is 0 Å². The highest BCUT2D eigenvalue weighted by Gasteiger charge is 2.30. The van der Waals surface area contributed by atoms with Crippen LogP contribution in [0.4, 0.5) is 5.13 Å². The number of pyridine rings is 1. The van der Waals surface area contributed by atoms with E-state index < -0.39 is 16.1 Å². The van der Waals surface area contributed by atoms with Gasteiger partial charge in [0.2, 0.25) is 10.0 Å². The number of ether oxygens (including phenoxy) is 2. The lowest BCUT2D eigenvalue weighted by Crippen LogP contribution is -2.35. The highest BCUT2D eigenvalue weighted by molar-refractivity contribution is 7.89. The maximum absolute atomic E-state index is 13.3. The number of carbonyl (C=O) groups is 1. The van der Waals surface area contributed by atoms with Gasteiger partial charge in [-0.25, -0.2) is 18.4 Å². The molecule has 4 heterocycles. The summed E-state index contributed by atoms with van der Waals surface area (Å²) in [7, 11) is -3.56. The van der Waals surface area contributed by atoms with E-state index in [1.165, 1.54) is 15.6 Å². The first-order valence-corrected chi connectivity index (χ1v) is 14.1. The van der Waals surface area contributed by atoms with Gasteiger partial charge in [0.1, 0.15) is 10.3 Å². The van der Waals surface area contributed by atoms with Crippen LogP contribution in [0.5, 0.6) is 0 Å². The van der Waals surface area contributed by atoms with Crippen molar-refractivity contribution >= 4 is 42.7 Å². The van der Waals surface area contributed by atoms with E-state index in [0.29, 0.717) is 55.4 Å². The van der Waals surface area contributed by atoms with Crippen LogP contribution >= 0.6 is 11.3 Å². The van der Waals surface area contributed by atoms with E-state index in [4.69, 9.17) is 9.47 Å². The number of hydrogen-bond donors (Lipinski definition) is 1. The summed E-state index contributed by atoms with van der Waals surface area (Å²) >= 11 is 1.29. The molecule has 2 saturated heterocycles. The molecule has 0 saturated carbocycles. The number of sulfonamides is 1. The predicted octanol–water partition coefficient (Wildman–Crippen LogP) is 3.74. The molecule has 1 aromatic carbocycles. The van der Waals surface area contributed by atoms with E-state index in [1.54, 1.807) is 36.5 Å².